The van der Waals surface area contributed by atoms with Crippen molar-refractivity contribution < 1.29 is 28.6 Å². The Morgan fingerprint density at radius 1 is 1.40 bits per heavy atom. The second-order valence-electron chi connectivity index (χ2n) is 5.78. The minimum atomic E-state index is -0.909. The highest BCUT2D eigenvalue weighted by atomic mass is 16.6. The summed E-state index contributed by atoms with van der Waals surface area (Å²) < 4.78 is 14.9. The third kappa shape index (κ3) is 5.07. The zero-order valence-corrected chi connectivity index (χ0v) is 12.4. The molecule has 0 unspecified atom stereocenters. The molecule has 0 bridgehead atoms. The van der Waals surface area contributed by atoms with Crippen molar-refractivity contribution >= 4 is 18.0 Å². The molecule has 0 radical (unpaired) electrons. The summed E-state index contributed by atoms with van der Waals surface area (Å²) in [5, 5.41) is 2.35. The largest absolute Gasteiger partial charge is 0.460 e. The molecule has 1 amide bonds. The van der Waals surface area contributed by atoms with Gasteiger partial charge in [-0.25, -0.2) is 14.4 Å². The van der Waals surface area contributed by atoms with Gasteiger partial charge in [-0.05, 0) is 34.6 Å². The fourth-order valence-electron chi connectivity index (χ4n) is 1.60. The Balaban J connectivity index is 2.43. The highest BCUT2D eigenvalue weighted by Crippen LogP contribution is 2.17. The summed E-state index contributed by atoms with van der Waals surface area (Å²) in [7, 11) is 0. The van der Waals surface area contributed by atoms with E-state index >= 15 is 0 Å². The Bertz CT molecular complexity index is 400. The van der Waals surface area contributed by atoms with Crippen LogP contribution < -0.4 is 5.32 Å². The first-order chi connectivity index (χ1) is 9.08. The number of cyclic esters (lactones) is 1. The molecule has 0 aromatic rings. The Labute approximate surface area is 117 Å². The Hall–Kier alpha value is -1.79. The van der Waals surface area contributed by atoms with Crippen LogP contribution in [0.25, 0.3) is 0 Å². The van der Waals surface area contributed by atoms with Crippen LogP contribution in [0.3, 0.4) is 0 Å². The number of hydrogen-bond donors (Lipinski definition) is 1. The molecule has 0 aliphatic carbocycles. The van der Waals surface area contributed by atoms with Crippen LogP contribution in [0.5, 0.6) is 0 Å². The maximum atomic E-state index is 11.8. The van der Waals surface area contributed by atoms with E-state index in [0.29, 0.717) is 6.42 Å². The van der Waals surface area contributed by atoms with Crippen LogP contribution in [0.2, 0.25) is 0 Å². The van der Waals surface area contributed by atoms with E-state index in [0.717, 1.165) is 0 Å². The minimum absolute atomic E-state index is 0.269. The highest BCUT2D eigenvalue weighted by Gasteiger charge is 2.36. The van der Waals surface area contributed by atoms with Crippen LogP contribution in [-0.4, -0.2) is 41.9 Å². The molecule has 3 atom stereocenters. The van der Waals surface area contributed by atoms with Crippen molar-refractivity contribution in [3.05, 3.63) is 0 Å². The first-order valence-corrected chi connectivity index (χ1v) is 6.49. The third-order valence-corrected chi connectivity index (χ3v) is 2.47. The molecule has 7 heteroatoms. The zero-order chi connectivity index (χ0) is 15.5. The van der Waals surface area contributed by atoms with E-state index in [4.69, 9.17) is 14.2 Å². The molecule has 7 nitrogen and oxygen atoms in total. The van der Waals surface area contributed by atoms with Gasteiger partial charge in [0.15, 0.2) is 0 Å². The number of alkyl carbamates (subject to hydrolysis) is 1. The lowest BCUT2D eigenvalue weighted by Gasteiger charge is -2.21. The normalized spacial score (nSPS) is 23.8. The number of carbonyl (C=O) groups excluding carboxylic acids is 3. The molecule has 20 heavy (non-hydrogen) atoms. The lowest BCUT2D eigenvalue weighted by molar-refractivity contribution is -0.161. The Morgan fingerprint density at radius 3 is 2.45 bits per heavy atom. The topological polar surface area (TPSA) is 90.9 Å². The number of nitrogens with one attached hydrogen (secondary N) is 1. The maximum absolute atomic E-state index is 11.8. The monoisotopic (exact) mass is 287 g/mol. The fraction of sp³-hybridized carbons (Fsp3) is 0.769. The van der Waals surface area contributed by atoms with Crippen LogP contribution >= 0.6 is 0 Å². The Morgan fingerprint density at radius 2 is 2.00 bits per heavy atom. The number of hydrogen-bond acceptors (Lipinski definition) is 6. The van der Waals surface area contributed by atoms with E-state index < -0.39 is 35.8 Å². The van der Waals surface area contributed by atoms with Crippen LogP contribution in [-0.2, 0) is 23.8 Å². The zero-order valence-electron chi connectivity index (χ0n) is 12.4. The molecule has 1 fully saturated rings. The van der Waals surface area contributed by atoms with Gasteiger partial charge in [-0.3, -0.25) is 0 Å². The average molecular weight is 287 g/mol. The van der Waals surface area contributed by atoms with Crippen molar-refractivity contribution in [2.24, 2.45) is 0 Å². The first kappa shape index (κ1) is 16.3. The molecule has 1 rings (SSSR count). The summed E-state index contributed by atoms with van der Waals surface area (Å²) in [5.74, 6) is -1.26. The van der Waals surface area contributed by atoms with E-state index in [1.165, 1.54) is 6.92 Å². The predicted octanol–water partition coefficient (Wildman–Crippen LogP) is 1.15. The smallest absolute Gasteiger partial charge is 0.408 e. The van der Waals surface area contributed by atoms with Crippen LogP contribution in [0, 0.1) is 0 Å². The summed E-state index contributed by atoms with van der Waals surface area (Å²) in [4.78, 5) is 34.6. The van der Waals surface area contributed by atoms with Crippen molar-refractivity contribution in [2.45, 2.75) is 64.9 Å². The van der Waals surface area contributed by atoms with Gasteiger partial charge in [-0.2, -0.15) is 0 Å². The second-order valence-corrected chi connectivity index (χ2v) is 5.78. The lowest BCUT2D eigenvalue weighted by atomic mass is 10.2. The van der Waals surface area contributed by atoms with Crippen molar-refractivity contribution in [1.29, 1.82) is 0 Å². The van der Waals surface area contributed by atoms with Gasteiger partial charge in [-0.1, -0.05) is 0 Å². The first-order valence-electron chi connectivity index (χ1n) is 6.49. The van der Waals surface area contributed by atoms with Gasteiger partial charge >= 0.3 is 18.0 Å². The number of amides is 1. The van der Waals surface area contributed by atoms with E-state index in [9.17, 15) is 14.4 Å². The molecule has 1 N–H and O–H groups in total. The Kier molecular flexibility index (Phi) is 4.97. The van der Waals surface area contributed by atoms with Gasteiger partial charge in [0.2, 0.25) is 6.10 Å². The van der Waals surface area contributed by atoms with Crippen LogP contribution in [0.4, 0.5) is 4.79 Å². The quantitative estimate of drug-likeness (QED) is 0.618. The number of esters is 2. The summed E-state index contributed by atoms with van der Waals surface area (Å²) in [6.07, 6.45) is -1.57. The highest BCUT2D eigenvalue weighted by molar-refractivity contribution is 5.85. The number of ether oxygens (including phenoxy) is 3. The number of rotatable bonds is 3. The van der Waals surface area contributed by atoms with E-state index in [1.807, 2.05) is 0 Å². The summed E-state index contributed by atoms with van der Waals surface area (Å²) >= 11 is 0. The lowest BCUT2D eigenvalue weighted by Crippen LogP contribution is -2.43. The molecule has 0 saturated carbocycles. The molecule has 0 spiro atoms. The molecule has 1 saturated heterocycles. The van der Waals surface area contributed by atoms with Gasteiger partial charge in [0.25, 0.3) is 0 Å². The third-order valence-electron chi connectivity index (χ3n) is 2.47. The SMILES string of the molecule is C[C@@H]1C[C@H](OC(=O)[C@H](C)NC(=O)OC(C)(C)C)C(=O)O1. The molecule has 0 aromatic carbocycles. The van der Waals surface area contributed by atoms with E-state index in [2.05, 4.69) is 5.32 Å². The molecule has 114 valence electrons. The summed E-state index contributed by atoms with van der Waals surface area (Å²) in [5.41, 5.74) is -0.654. The average Bonchev–Trinajstić information content (AvgIpc) is 2.54. The summed E-state index contributed by atoms with van der Waals surface area (Å²) in [6, 6.07) is -0.909. The van der Waals surface area contributed by atoms with Gasteiger partial charge in [0.1, 0.15) is 17.7 Å². The standard InChI is InChI=1S/C13H21NO6/c1-7-6-9(11(16)18-7)19-10(15)8(2)14-12(17)20-13(3,4)5/h7-9H,6H2,1-5H3,(H,14,17)/t7-,8+,9+/m1/s1. The molecule has 1 heterocycles. The fourth-order valence-corrected chi connectivity index (χ4v) is 1.60. The summed E-state index contributed by atoms with van der Waals surface area (Å²) in [6.45, 7) is 8.31. The van der Waals surface area contributed by atoms with Gasteiger partial charge < -0.3 is 19.5 Å². The molecule has 0 aromatic heterocycles. The van der Waals surface area contributed by atoms with Crippen molar-refractivity contribution in [3.8, 4) is 0 Å². The predicted molar refractivity (Wildman–Crippen MR) is 68.9 cm³/mol. The van der Waals surface area contributed by atoms with Gasteiger partial charge in [-0.15, -0.1) is 0 Å². The van der Waals surface area contributed by atoms with Crippen LogP contribution in [0.15, 0.2) is 0 Å². The molecule has 1 aliphatic heterocycles. The van der Waals surface area contributed by atoms with Gasteiger partial charge in [0, 0.05) is 6.42 Å². The maximum Gasteiger partial charge on any atom is 0.408 e. The van der Waals surface area contributed by atoms with Gasteiger partial charge in [0.05, 0.1) is 0 Å². The van der Waals surface area contributed by atoms with Crippen molar-refractivity contribution in [2.75, 3.05) is 0 Å². The molecular formula is C13H21NO6. The van der Waals surface area contributed by atoms with Crippen molar-refractivity contribution in [3.63, 3.8) is 0 Å². The number of carbonyl (C=O) groups is 3. The molecular weight excluding hydrogens is 266 g/mol. The van der Waals surface area contributed by atoms with Crippen LogP contribution in [0.1, 0.15) is 41.0 Å². The van der Waals surface area contributed by atoms with Crippen molar-refractivity contribution in [1.82, 2.24) is 5.32 Å². The minimum Gasteiger partial charge on any atom is -0.460 e. The molecule has 1 aliphatic rings. The van der Waals surface area contributed by atoms with E-state index in [1.54, 1.807) is 27.7 Å². The second kappa shape index (κ2) is 6.11. The van der Waals surface area contributed by atoms with E-state index in [-0.39, 0.29) is 6.10 Å².